The number of nitrogens with two attached hydrogens (primary N) is 1. The van der Waals surface area contributed by atoms with Gasteiger partial charge < -0.3 is 10.8 Å². The summed E-state index contributed by atoms with van der Waals surface area (Å²) in [7, 11) is 0. The molecule has 3 N–H and O–H groups in total. The zero-order valence-electron chi connectivity index (χ0n) is 10.7. The summed E-state index contributed by atoms with van der Waals surface area (Å²) in [5.41, 5.74) is 6.50. The van der Waals surface area contributed by atoms with Crippen LogP contribution in [0.3, 0.4) is 0 Å². The standard InChI is InChI=1S/C15H25NO/c16-15(1-2-15)9-13(17)14-6-10-3-11(7-14)5-12(4-10)8-14/h10-13,17H,1-9,16H2. The van der Waals surface area contributed by atoms with E-state index in [2.05, 4.69) is 0 Å². The van der Waals surface area contributed by atoms with Crippen LogP contribution in [0, 0.1) is 23.2 Å². The van der Waals surface area contributed by atoms with Gasteiger partial charge >= 0.3 is 0 Å². The molecule has 96 valence electrons. The highest BCUT2D eigenvalue weighted by Gasteiger charge is 2.55. The van der Waals surface area contributed by atoms with Crippen LogP contribution in [0.5, 0.6) is 0 Å². The summed E-state index contributed by atoms with van der Waals surface area (Å²) in [4.78, 5) is 0. The van der Waals surface area contributed by atoms with Crippen molar-refractivity contribution < 1.29 is 5.11 Å². The molecule has 0 saturated heterocycles. The maximum absolute atomic E-state index is 10.7. The lowest BCUT2D eigenvalue weighted by atomic mass is 9.48. The molecule has 0 heterocycles. The molecule has 0 amide bonds. The number of hydrogen-bond acceptors (Lipinski definition) is 2. The fourth-order valence-electron chi connectivity index (χ4n) is 5.55. The van der Waals surface area contributed by atoms with Gasteiger partial charge in [-0.2, -0.15) is 0 Å². The summed E-state index contributed by atoms with van der Waals surface area (Å²) in [5, 5.41) is 10.7. The van der Waals surface area contributed by atoms with Crippen molar-refractivity contribution in [1.82, 2.24) is 0 Å². The molecule has 0 aromatic rings. The van der Waals surface area contributed by atoms with E-state index in [1.807, 2.05) is 0 Å². The van der Waals surface area contributed by atoms with Crippen LogP contribution in [0.2, 0.25) is 0 Å². The van der Waals surface area contributed by atoms with E-state index in [-0.39, 0.29) is 17.1 Å². The van der Waals surface area contributed by atoms with E-state index in [0.717, 1.165) is 37.0 Å². The Bertz CT molecular complexity index is 299. The summed E-state index contributed by atoms with van der Waals surface area (Å²) in [6.07, 6.45) is 11.3. The van der Waals surface area contributed by atoms with E-state index < -0.39 is 0 Å². The molecule has 5 fully saturated rings. The van der Waals surface area contributed by atoms with Crippen molar-refractivity contribution in [2.24, 2.45) is 28.9 Å². The molecular formula is C15H25NO. The summed E-state index contributed by atoms with van der Waals surface area (Å²) in [6.45, 7) is 0. The second-order valence-electron chi connectivity index (χ2n) is 7.86. The molecule has 5 aliphatic rings. The summed E-state index contributed by atoms with van der Waals surface area (Å²) >= 11 is 0. The highest BCUT2D eigenvalue weighted by Crippen LogP contribution is 2.62. The molecule has 5 aliphatic carbocycles. The highest BCUT2D eigenvalue weighted by atomic mass is 16.3. The average molecular weight is 235 g/mol. The largest absolute Gasteiger partial charge is 0.392 e. The van der Waals surface area contributed by atoms with Gasteiger partial charge in [-0.3, -0.25) is 0 Å². The molecule has 4 bridgehead atoms. The molecule has 5 saturated carbocycles. The first-order chi connectivity index (χ1) is 8.07. The van der Waals surface area contributed by atoms with Crippen molar-refractivity contribution in [3.8, 4) is 0 Å². The Balaban J connectivity index is 1.55. The van der Waals surface area contributed by atoms with Gasteiger partial charge in [0.15, 0.2) is 0 Å². The molecule has 0 radical (unpaired) electrons. The topological polar surface area (TPSA) is 46.2 Å². The van der Waals surface area contributed by atoms with Crippen molar-refractivity contribution in [2.45, 2.75) is 69.4 Å². The Labute approximate surface area is 104 Å². The third-order valence-corrected chi connectivity index (χ3v) is 6.28. The maximum Gasteiger partial charge on any atom is 0.0614 e. The van der Waals surface area contributed by atoms with E-state index in [9.17, 15) is 5.11 Å². The van der Waals surface area contributed by atoms with E-state index in [1.165, 1.54) is 38.5 Å². The molecule has 1 unspecified atom stereocenters. The van der Waals surface area contributed by atoms with Crippen molar-refractivity contribution >= 4 is 0 Å². The first kappa shape index (κ1) is 10.8. The number of hydrogen-bond donors (Lipinski definition) is 2. The monoisotopic (exact) mass is 235 g/mol. The van der Waals surface area contributed by atoms with Crippen LogP contribution in [-0.2, 0) is 0 Å². The maximum atomic E-state index is 10.7. The normalized spacial score (nSPS) is 51.5. The lowest BCUT2D eigenvalue weighted by Crippen LogP contribution is -2.53. The second-order valence-corrected chi connectivity index (χ2v) is 7.86. The highest BCUT2D eigenvalue weighted by molar-refractivity contribution is 5.08. The number of rotatable bonds is 3. The van der Waals surface area contributed by atoms with Gasteiger partial charge in [0.05, 0.1) is 6.10 Å². The Morgan fingerprint density at radius 3 is 1.88 bits per heavy atom. The first-order valence-corrected chi connectivity index (χ1v) is 7.54. The lowest BCUT2D eigenvalue weighted by molar-refractivity contribution is -0.124. The molecular weight excluding hydrogens is 210 g/mol. The third kappa shape index (κ3) is 1.67. The van der Waals surface area contributed by atoms with E-state index in [1.54, 1.807) is 0 Å². The van der Waals surface area contributed by atoms with Gasteiger partial charge in [-0.15, -0.1) is 0 Å². The fourth-order valence-corrected chi connectivity index (χ4v) is 5.55. The van der Waals surface area contributed by atoms with Crippen molar-refractivity contribution in [2.75, 3.05) is 0 Å². The van der Waals surface area contributed by atoms with Gasteiger partial charge in [0.25, 0.3) is 0 Å². The lowest BCUT2D eigenvalue weighted by Gasteiger charge is -2.58. The second kappa shape index (κ2) is 3.27. The fraction of sp³-hybridized carbons (Fsp3) is 1.00. The van der Waals surface area contributed by atoms with Gasteiger partial charge in [0.1, 0.15) is 0 Å². The predicted molar refractivity (Wildman–Crippen MR) is 67.4 cm³/mol. The number of aliphatic hydroxyl groups excluding tert-OH is 1. The Kier molecular flexibility index (Phi) is 2.08. The van der Waals surface area contributed by atoms with E-state index >= 15 is 0 Å². The van der Waals surface area contributed by atoms with Gasteiger partial charge in [0.2, 0.25) is 0 Å². The summed E-state index contributed by atoms with van der Waals surface area (Å²) in [6, 6.07) is 0. The Morgan fingerprint density at radius 2 is 1.47 bits per heavy atom. The van der Waals surface area contributed by atoms with Gasteiger partial charge in [-0.1, -0.05) is 0 Å². The van der Waals surface area contributed by atoms with Crippen LogP contribution in [-0.4, -0.2) is 16.7 Å². The zero-order valence-corrected chi connectivity index (χ0v) is 10.7. The Hall–Kier alpha value is -0.0800. The van der Waals surface area contributed by atoms with Gasteiger partial charge in [-0.05, 0) is 81.0 Å². The van der Waals surface area contributed by atoms with Crippen LogP contribution in [0.25, 0.3) is 0 Å². The summed E-state index contributed by atoms with van der Waals surface area (Å²) < 4.78 is 0. The third-order valence-electron chi connectivity index (χ3n) is 6.28. The van der Waals surface area contributed by atoms with Crippen LogP contribution in [0.15, 0.2) is 0 Å². The molecule has 2 nitrogen and oxygen atoms in total. The van der Waals surface area contributed by atoms with Gasteiger partial charge in [0, 0.05) is 5.54 Å². The zero-order chi connectivity index (χ0) is 11.7. The van der Waals surface area contributed by atoms with Crippen LogP contribution in [0.1, 0.15) is 57.8 Å². The minimum absolute atomic E-state index is 0.0166. The molecule has 0 aromatic carbocycles. The minimum atomic E-state index is -0.108. The van der Waals surface area contributed by atoms with Crippen LogP contribution < -0.4 is 5.73 Å². The molecule has 17 heavy (non-hydrogen) atoms. The molecule has 0 aromatic heterocycles. The van der Waals surface area contributed by atoms with Crippen molar-refractivity contribution in [3.05, 3.63) is 0 Å². The van der Waals surface area contributed by atoms with Gasteiger partial charge in [-0.25, -0.2) is 0 Å². The molecule has 2 heteroatoms. The smallest absolute Gasteiger partial charge is 0.0614 e. The van der Waals surface area contributed by atoms with E-state index in [4.69, 9.17) is 5.73 Å². The minimum Gasteiger partial charge on any atom is -0.392 e. The van der Waals surface area contributed by atoms with Crippen molar-refractivity contribution in [1.29, 1.82) is 0 Å². The average Bonchev–Trinajstić information content (AvgIpc) is 2.93. The summed E-state index contributed by atoms with van der Waals surface area (Å²) in [5.74, 6) is 2.80. The first-order valence-electron chi connectivity index (χ1n) is 7.54. The van der Waals surface area contributed by atoms with Crippen LogP contribution >= 0.6 is 0 Å². The quantitative estimate of drug-likeness (QED) is 0.789. The number of aliphatic hydroxyl groups is 1. The SMILES string of the molecule is NC1(CC(O)C23CC4CC(CC(C4)C2)C3)CC1. The van der Waals surface area contributed by atoms with Crippen LogP contribution in [0.4, 0.5) is 0 Å². The predicted octanol–water partition coefficient (Wildman–Crippen LogP) is 2.45. The Morgan fingerprint density at radius 1 is 1.00 bits per heavy atom. The molecule has 0 spiro atoms. The van der Waals surface area contributed by atoms with Crippen molar-refractivity contribution in [3.63, 3.8) is 0 Å². The molecule has 1 atom stereocenters. The molecule has 5 rings (SSSR count). The van der Waals surface area contributed by atoms with E-state index in [0.29, 0.717) is 0 Å². The molecule has 0 aliphatic heterocycles.